The van der Waals surface area contributed by atoms with E-state index in [1.165, 1.54) is 0 Å². The van der Waals surface area contributed by atoms with E-state index in [9.17, 15) is 14.7 Å². The van der Waals surface area contributed by atoms with Crippen LogP contribution in [0.1, 0.15) is 36.2 Å². The van der Waals surface area contributed by atoms with Gasteiger partial charge in [-0.05, 0) is 42.2 Å². The highest BCUT2D eigenvalue weighted by molar-refractivity contribution is 7.10. The molecule has 0 aromatic carbocycles. The highest BCUT2D eigenvalue weighted by Crippen LogP contribution is 2.40. The standard InChI is InChI=1S/C14H17NO3S/c1-8(9-2-3-9)13(16)15-6-4-11-10(5-7-19-11)12(15)14(17)18/h5,7-9,12H,2-4,6H2,1H3,(H,17,18). The molecule has 19 heavy (non-hydrogen) atoms. The minimum atomic E-state index is -0.921. The van der Waals surface area contributed by atoms with Gasteiger partial charge in [0.2, 0.25) is 5.91 Å². The molecule has 4 nitrogen and oxygen atoms in total. The lowest BCUT2D eigenvalue weighted by Gasteiger charge is -2.35. The van der Waals surface area contributed by atoms with Gasteiger partial charge >= 0.3 is 5.97 Å². The predicted molar refractivity (Wildman–Crippen MR) is 72.0 cm³/mol. The lowest BCUT2D eigenvalue weighted by atomic mass is 9.96. The number of thiophene rings is 1. The van der Waals surface area contributed by atoms with Gasteiger partial charge in [0.15, 0.2) is 6.04 Å². The summed E-state index contributed by atoms with van der Waals surface area (Å²) in [5.74, 6) is -0.490. The second-order valence-corrected chi connectivity index (χ2v) is 6.45. The fourth-order valence-corrected chi connectivity index (χ4v) is 3.78. The highest BCUT2D eigenvalue weighted by Gasteiger charge is 2.41. The Morgan fingerprint density at radius 3 is 2.84 bits per heavy atom. The molecule has 1 fully saturated rings. The second kappa shape index (κ2) is 4.63. The summed E-state index contributed by atoms with van der Waals surface area (Å²) in [4.78, 5) is 26.7. The molecular formula is C14H17NO3S. The Bertz CT molecular complexity index is 521. The number of nitrogens with zero attached hydrogens (tertiary/aromatic N) is 1. The van der Waals surface area contributed by atoms with Gasteiger partial charge in [-0.3, -0.25) is 4.79 Å². The van der Waals surface area contributed by atoms with Crippen molar-refractivity contribution in [3.05, 3.63) is 21.9 Å². The van der Waals surface area contributed by atoms with Crippen molar-refractivity contribution in [3.63, 3.8) is 0 Å². The SMILES string of the molecule is CC(C(=O)N1CCc2sccc2C1C(=O)O)C1CC1. The van der Waals surface area contributed by atoms with Gasteiger partial charge in [0.1, 0.15) is 0 Å². The van der Waals surface area contributed by atoms with E-state index in [2.05, 4.69) is 0 Å². The number of rotatable bonds is 3. The molecule has 0 radical (unpaired) electrons. The second-order valence-electron chi connectivity index (χ2n) is 5.45. The first-order chi connectivity index (χ1) is 9.09. The molecule has 0 bridgehead atoms. The van der Waals surface area contributed by atoms with Crippen molar-refractivity contribution < 1.29 is 14.7 Å². The third-order valence-electron chi connectivity index (χ3n) is 4.20. The van der Waals surface area contributed by atoms with Crippen LogP contribution >= 0.6 is 11.3 Å². The topological polar surface area (TPSA) is 57.6 Å². The molecule has 1 aliphatic carbocycles. The molecule has 5 heteroatoms. The number of hydrogen-bond acceptors (Lipinski definition) is 3. The minimum absolute atomic E-state index is 0.00625. The summed E-state index contributed by atoms with van der Waals surface area (Å²) in [6, 6.07) is 1.06. The third kappa shape index (κ3) is 2.16. The van der Waals surface area contributed by atoms with Crippen molar-refractivity contribution in [2.75, 3.05) is 6.54 Å². The Hall–Kier alpha value is -1.36. The van der Waals surface area contributed by atoms with Crippen LogP contribution in [0.2, 0.25) is 0 Å². The van der Waals surface area contributed by atoms with Crippen molar-refractivity contribution >= 4 is 23.2 Å². The van der Waals surface area contributed by atoms with Gasteiger partial charge in [0.25, 0.3) is 0 Å². The van der Waals surface area contributed by atoms with Crippen molar-refractivity contribution in [2.45, 2.75) is 32.2 Å². The summed E-state index contributed by atoms with van der Waals surface area (Å²) < 4.78 is 0. The van der Waals surface area contributed by atoms with Crippen molar-refractivity contribution in [3.8, 4) is 0 Å². The van der Waals surface area contributed by atoms with E-state index in [1.807, 2.05) is 18.4 Å². The average Bonchev–Trinajstić information content (AvgIpc) is 3.13. The highest BCUT2D eigenvalue weighted by atomic mass is 32.1. The molecule has 0 spiro atoms. The maximum Gasteiger partial charge on any atom is 0.331 e. The number of carbonyl (C=O) groups is 2. The number of aliphatic carboxylic acids is 1. The molecule has 1 aromatic heterocycles. The van der Waals surface area contributed by atoms with E-state index in [0.717, 1.165) is 29.7 Å². The number of amides is 1. The molecule has 1 aliphatic heterocycles. The molecule has 2 heterocycles. The quantitative estimate of drug-likeness (QED) is 0.923. The fraction of sp³-hybridized carbons (Fsp3) is 0.571. The molecule has 1 amide bonds. The number of carboxylic acid groups (broad SMARTS) is 1. The zero-order valence-corrected chi connectivity index (χ0v) is 11.7. The van der Waals surface area contributed by atoms with E-state index in [4.69, 9.17) is 0 Å². The van der Waals surface area contributed by atoms with Gasteiger partial charge in [0.05, 0.1) is 0 Å². The van der Waals surface area contributed by atoms with Crippen molar-refractivity contribution in [2.24, 2.45) is 11.8 Å². The average molecular weight is 279 g/mol. The summed E-state index contributed by atoms with van der Waals surface area (Å²) in [5, 5.41) is 11.4. The zero-order chi connectivity index (χ0) is 13.6. The smallest absolute Gasteiger partial charge is 0.331 e. The maximum absolute atomic E-state index is 12.5. The Morgan fingerprint density at radius 2 is 2.21 bits per heavy atom. The summed E-state index contributed by atoms with van der Waals surface area (Å²) in [6.07, 6.45) is 2.98. The monoisotopic (exact) mass is 279 g/mol. The van der Waals surface area contributed by atoms with Gasteiger partial charge in [-0.15, -0.1) is 11.3 Å². The molecule has 3 rings (SSSR count). The molecule has 1 saturated carbocycles. The van der Waals surface area contributed by atoms with Crippen LogP contribution in [0.3, 0.4) is 0 Å². The van der Waals surface area contributed by atoms with Gasteiger partial charge in [-0.2, -0.15) is 0 Å². The van der Waals surface area contributed by atoms with Crippen LogP contribution in [-0.2, 0) is 16.0 Å². The minimum Gasteiger partial charge on any atom is -0.479 e. The predicted octanol–water partition coefficient (Wildman–Crippen LogP) is 2.30. The summed E-state index contributed by atoms with van der Waals surface area (Å²) in [7, 11) is 0. The lowest BCUT2D eigenvalue weighted by molar-refractivity contribution is -0.153. The van der Waals surface area contributed by atoms with E-state index >= 15 is 0 Å². The molecule has 102 valence electrons. The van der Waals surface area contributed by atoms with Crippen LogP contribution in [0.15, 0.2) is 11.4 Å². The van der Waals surface area contributed by atoms with Gasteiger partial charge < -0.3 is 10.0 Å². The van der Waals surface area contributed by atoms with Crippen LogP contribution in [0.25, 0.3) is 0 Å². The number of fused-ring (bicyclic) bond motifs is 1. The Kier molecular flexibility index (Phi) is 3.09. The molecule has 1 N–H and O–H groups in total. The molecular weight excluding hydrogens is 262 g/mol. The van der Waals surface area contributed by atoms with Crippen LogP contribution in [0.4, 0.5) is 0 Å². The van der Waals surface area contributed by atoms with Crippen LogP contribution < -0.4 is 0 Å². The molecule has 2 aliphatic rings. The Labute approximate surface area is 116 Å². The number of carbonyl (C=O) groups excluding carboxylic acids is 1. The van der Waals surface area contributed by atoms with Gasteiger partial charge in [-0.25, -0.2) is 4.79 Å². The molecule has 2 unspecified atom stereocenters. The molecule has 2 atom stereocenters. The molecule has 0 saturated heterocycles. The fourth-order valence-electron chi connectivity index (χ4n) is 2.88. The first kappa shape index (κ1) is 12.7. The Morgan fingerprint density at radius 1 is 1.47 bits per heavy atom. The van der Waals surface area contributed by atoms with Crippen molar-refractivity contribution in [1.29, 1.82) is 0 Å². The molecule has 1 aromatic rings. The van der Waals surface area contributed by atoms with E-state index in [-0.39, 0.29) is 11.8 Å². The summed E-state index contributed by atoms with van der Waals surface area (Å²) >= 11 is 1.59. The maximum atomic E-state index is 12.5. The first-order valence-corrected chi connectivity index (χ1v) is 7.57. The van der Waals surface area contributed by atoms with Crippen LogP contribution in [0.5, 0.6) is 0 Å². The van der Waals surface area contributed by atoms with Crippen LogP contribution in [-0.4, -0.2) is 28.4 Å². The first-order valence-electron chi connectivity index (χ1n) is 6.69. The largest absolute Gasteiger partial charge is 0.479 e. The zero-order valence-electron chi connectivity index (χ0n) is 10.8. The van der Waals surface area contributed by atoms with E-state index < -0.39 is 12.0 Å². The van der Waals surface area contributed by atoms with E-state index in [0.29, 0.717) is 12.5 Å². The van der Waals surface area contributed by atoms with E-state index in [1.54, 1.807) is 16.2 Å². The summed E-state index contributed by atoms with van der Waals surface area (Å²) in [5.41, 5.74) is 0.806. The van der Waals surface area contributed by atoms with Gasteiger partial charge in [0, 0.05) is 17.3 Å². The Balaban J connectivity index is 1.88. The van der Waals surface area contributed by atoms with Gasteiger partial charge in [-0.1, -0.05) is 6.92 Å². The normalized spacial score (nSPS) is 23.8. The third-order valence-corrected chi connectivity index (χ3v) is 5.20. The lowest BCUT2D eigenvalue weighted by Crippen LogP contribution is -2.45. The number of carboxylic acids is 1. The summed E-state index contributed by atoms with van der Waals surface area (Å²) in [6.45, 7) is 2.46. The van der Waals surface area contributed by atoms with Crippen molar-refractivity contribution in [1.82, 2.24) is 4.90 Å². The number of hydrogen-bond donors (Lipinski definition) is 1. The van der Waals surface area contributed by atoms with Crippen LogP contribution in [0, 0.1) is 11.8 Å².